The first-order chi connectivity index (χ1) is 7.18. The van der Waals surface area contributed by atoms with Gasteiger partial charge in [-0.25, -0.2) is 9.78 Å². The van der Waals surface area contributed by atoms with E-state index in [-0.39, 0.29) is 0 Å². The number of rotatable bonds is 6. The molecule has 0 aliphatic carbocycles. The Morgan fingerprint density at radius 3 is 3.13 bits per heavy atom. The summed E-state index contributed by atoms with van der Waals surface area (Å²) in [6, 6.07) is 0. The second-order valence-electron chi connectivity index (χ2n) is 3.05. The standard InChI is InChI=1S/C10H14N2O2S/c1-8-12-9(7-15-8)4-6-11-5-2-3-10(13)14/h2-3,7,11H,4-6H2,1H3,(H,13,14)/b3-2+. The summed E-state index contributed by atoms with van der Waals surface area (Å²) < 4.78 is 0. The lowest BCUT2D eigenvalue weighted by Gasteiger charge is -1.98. The summed E-state index contributed by atoms with van der Waals surface area (Å²) in [4.78, 5) is 14.5. The molecule has 0 aliphatic rings. The minimum Gasteiger partial charge on any atom is -0.478 e. The van der Waals surface area contributed by atoms with Crippen LogP contribution in [0.15, 0.2) is 17.5 Å². The Balaban J connectivity index is 2.09. The largest absolute Gasteiger partial charge is 0.478 e. The highest BCUT2D eigenvalue weighted by atomic mass is 32.1. The molecule has 5 heteroatoms. The summed E-state index contributed by atoms with van der Waals surface area (Å²) in [5.74, 6) is -0.910. The first-order valence-corrected chi connectivity index (χ1v) is 5.57. The van der Waals surface area contributed by atoms with E-state index in [9.17, 15) is 4.79 Å². The smallest absolute Gasteiger partial charge is 0.328 e. The van der Waals surface area contributed by atoms with Gasteiger partial charge in [0.15, 0.2) is 0 Å². The number of aryl methyl sites for hydroxylation is 1. The van der Waals surface area contributed by atoms with E-state index in [2.05, 4.69) is 10.3 Å². The molecule has 0 unspecified atom stereocenters. The topological polar surface area (TPSA) is 62.2 Å². The van der Waals surface area contributed by atoms with E-state index in [0.717, 1.165) is 29.7 Å². The van der Waals surface area contributed by atoms with Crippen molar-refractivity contribution in [2.24, 2.45) is 0 Å². The van der Waals surface area contributed by atoms with Crippen molar-refractivity contribution < 1.29 is 9.90 Å². The second kappa shape index (κ2) is 6.31. The van der Waals surface area contributed by atoms with E-state index < -0.39 is 5.97 Å². The highest BCUT2D eigenvalue weighted by Crippen LogP contribution is 2.07. The normalized spacial score (nSPS) is 11.0. The van der Waals surface area contributed by atoms with Crippen LogP contribution in [0.1, 0.15) is 10.7 Å². The van der Waals surface area contributed by atoms with Crippen LogP contribution in [0.4, 0.5) is 0 Å². The molecular formula is C10H14N2O2S. The van der Waals surface area contributed by atoms with Gasteiger partial charge in [0.1, 0.15) is 0 Å². The number of carboxylic acids is 1. The van der Waals surface area contributed by atoms with Gasteiger partial charge in [0.25, 0.3) is 0 Å². The van der Waals surface area contributed by atoms with Crippen molar-refractivity contribution in [2.45, 2.75) is 13.3 Å². The molecule has 0 spiro atoms. The van der Waals surface area contributed by atoms with Crippen LogP contribution in [0.25, 0.3) is 0 Å². The fourth-order valence-corrected chi connectivity index (χ4v) is 1.73. The zero-order valence-electron chi connectivity index (χ0n) is 8.56. The average Bonchev–Trinajstić information content (AvgIpc) is 2.57. The summed E-state index contributed by atoms with van der Waals surface area (Å²) in [6.45, 7) is 3.37. The Hall–Kier alpha value is -1.20. The monoisotopic (exact) mass is 226 g/mol. The maximum Gasteiger partial charge on any atom is 0.328 e. The van der Waals surface area contributed by atoms with Crippen molar-refractivity contribution in [3.63, 3.8) is 0 Å². The molecule has 0 atom stereocenters. The molecule has 4 nitrogen and oxygen atoms in total. The van der Waals surface area contributed by atoms with Crippen LogP contribution in [-0.4, -0.2) is 29.1 Å². The summed E-state index contributed by atoms with van der Waals surface area (Å²) in [6.07, 6.45) is 3.61. The molecule has 0 aromatic carbocycles. The van der Waals surface area contributed by atoms with Crippen molar-refractivity contribution in [2.75, 3.05) is 13.1 Å². The molecule has 0 fully saturated rings. The Bertz CT molecular complexity index is 347. The van der Waals surface area contributed by atoms with Gasteiger partial charge in [0, 0.05) is 31.0 Å². The Morgan fingerprint density at radius 2 is 2.53 bits per heavy atom. The van der Waals surface area contributed by atoms with E-state index in [1.165, 1.54) is 0 Å². The fourth-order valence-electron chi connectivity index (χ4n) is 1.08. The Morgan fingerprint density at radius 1 is 1.73 bits per heavy atom. The minimum absolute atomic E-state index is 0.579. The van der Waals surface area contributed by atoms with Crippen molar-refractivity contribution >= 4 is 17.3 Å². The maximum absolute atomic E-state index is 10.1. The van der Waals surface area contributed by atoms with Crippen LogP contribution < -0.4 is 5.32 Å². The van der Waals surface area contributed by atoms with Crippen LogP contribution in [0, 0.1) is 6.92 Å². The molecule has 1 aromatic rings. The van der Waals surface area contributed by atoms with Gasteiger partial charge in [-0.1, -0.05) is 6.08 Å². The number of carboxylic acid groups (broad SMARTS) is 1. The molecule has 0 saturated carbocycles. The molecular weight excluding hydrogens is 212 g/mol. The Kier molecular flexibility index (Phi) is 5.00. The third kappa shape index (κ3) is 5.29. The van der Waals surface area contributed by atoms with Crippen molar-refractivity contribution in [1.82, 2.24) is 10.3 Å². The van der Waals surface area contributed by atoms with E-state index in [1.54, 1.807) is 17.4 Å². The molecule has 2 N–H and O–H groups in total. The highest BCUT2D eigenvalue weighted by molar-refractivity contribution is 7.09. The number of thiazole rings is 1. The van der Waals surface area contributed by atoms with Crippen LogP contribution >= 0.6 is 11.3 Å². The first kappa shape index (κ1) is 11.9. The maximum atomic E-state index is 10.1. The average molecular weight is 226 g/mol. The minimum atomic E-state index is -0.910. The lowest BCUT2D eigenvalue weighted by molar-refractivity contribution is -0.131. The summed E-state index contributed by atoms with van der Waals surface area (Å²) >= 11 is 1.65. The number of hydrogen-bond acceptors (Lipinski definition) is 4. The van der Waals surface area contributed by atoms with Gasteiger partial charge < -0.3 is 10.4 Å². The predicted molar refractivity (Wildman–Crippen MR) is 60.2 cm³/mol. The molecule has 15 heavy (non-hydrogen) atoms. The number of hydrogen-bond donors (Lipinski definition) is 2. The highest BCUT2D eigenvalue weighted by Gasteiger charge is 1.96. The predicted octanol–water partition coefficient (Wildman–Crippen LogP) is 1.22. The molecule has 0 aliphatic heterocycles. The van der Waals surface area contributed by atoms with Gasteiger partial charge in [-0.15, -0.1) is 11.3 Å². The van der Waals surface area contributed by atoms with Crippen molar-refractivity contribution in [1.29, 1.82) is 0 Å². The molecule has 0 bridgehead atoms. The van der Waals surface area contributed by atoms with E-state index in [4.69, 9.17) is 5.11 Å². The van der Waals surface area contributed by atoms with Crippen LogP contribution in [0.2, 0.25) is 0 Å². The lowest BCUT2D eigenvalue weighted by atomic mass is 10.3. The molecule has 0 radical (unpaired) electrons. The fraction of sp³-hybridized carbons (Fsp3) is 0.400. The second-order valence-corrected chi connectivity index (χ2v) is 4.11. The lowest BCUT2D eigenvalue weighted by Crippen LogP contribution is -2.17. The van der Waals surface area contributed by atoms with Gasteiger partial charge in [-0.2, -0.15) is 0 Å². The quantitative estimate of drug-likeness (QED) is 0.565. The zero-order chi connectivity index (χ0) is 11.1. The number of nitrogens with one attached hydrogen (secondary N) is 1. The van der Waals surface area contributed by atoms with Crippen LogP contribution in [-0.2, 0) is 11.2 Å². The molecule has 0 amide bonds. The van der Waals surface area contributed by atoms with Gasteiger partial charge in [0.05, 0.1) is 10.7 Å². The molecule has 1 aromatic heterocycles. The van der Waals surface area contributed by atoms with E-state index >= 15 is 0 Å². The number of aromatic nitrogens is 1. The molecule has 0 saturated heterocycles. The Labute approximate surface area is 92.7 Å². The number of nitrogens with zero attached hydrogens (tertiary/aromatic N) is 1. The van der Waals surface area contributed by atoms with Gasteiger partial charge >= 0.3 is 5.97 Å². The SMILES string of the molecule is Cc1nc(CCNC/C=C/C(=O)O)cs1. The van der Waals surface area contributed by atoms with Gasteiger partial charge in [0.2, 0.25) is 0 Å². The summed E-state index contributed by atoms with van der Waals surface area (Å²) in [7, 11) is 0. The van der Waals surface area contributed by atoms with Crippen LogP contribution in [0.3, 0.4) is 0 Å². The molecule has 1 rings (SSSR count). The first-order valence-electron chi connectivity index (χ1n) is 4.69. The summed E-state index contributed by atoms with van der Waals surface area (Å²) in [5, 5.41) is 14.6. The van der Waals surface area contributed by atoms with Crippen molar-refractivity contribution in [3.8, 4) is 0 Å². The van der Waals surface area contributed by atoms with Crippen LogP contribution in [0.5, 0.6) is 0 Å². The third-order valence-corrected chi connectivity index (χ3v) is 2.57. The number of aliphatic carboxylic acids is 1. The molecule has 82 valence electrons. The van der Waals surface area contributed by atoms with E-state index in [1.807, 2.05) is 12.3 Å². The van der Waals surface area contributed by atoms with Gasteiger partial charge in [-0.05, 0) is 6.92 Å². The van der Waals surface area contributed by atoms with Crippen molar-refractivity contribution in [3.05, 3.63) is 28.2 Å². The zero-order valence-corrected chi connectivity index (χ0v) is 9.38. The van der Waals surface area contributed by atoms with E-state index in [0.29, 0.717) is 6.54 Å². The molecule has 1 heterocycles. The summed E-state index contributed by atoms with van der Waals surface area (Å²) in [5.41, 5.74) is 1.09. The third-order valence-electron chi connectivity index (χ3n) is 1.75. The number of carbonyl (C=O) groups is 1. The van der Waals surface area contributed by atoms with Gasteiger partial charge in [-0.3, -0.25) is 0 Å².